The van der Waals surface area contributed by atoms with E-state index < -0.39 is 4.92 Å². The smallest absolute Gasteiger partial charge is 0.269 e. The van der Waals surface area contributed by atoms with Gasteiger partial charge in [0.2, 0.25) is 11.0 Å². The second kappa shape index (κ2) is 11.0. The summed E-state index contributed by atoms with van der Waals surface area (Å²) in [5, 5.41) is 22.6. The minimum atomic E-state index is -0.491. The zero-order chi connectivity index (χ0) is 22.2. The van der Waals surface area contributed by atoms with Crippen LogP contribution in [0.25, 0.3) is 0 Å². The third kappa shape index (κ3) is 6.35. The standard InChI is InChI=1S/C18H22N6O5S2/c1-29-11-6-19-15(25)12-30-18-21-20-17(31-18)23-9-7-22(8-10-23)16(26)13-2-4-14(5-3-13)24(27)28/h2-5H,6-12H2,1H3,(H,19,25). The second-order valence-corrected chi connectivity index (χ2v) is 8.74. The molecule has 1 fully saturated rings. The highest BCUT2D eigenvalue weighted by Crippen LogP contribution is 2.28. The van der Waals surface area contributed by atoms with Crippen LogP contribution in [-0.2, 0) is 9.53 Å². The van der Waals surface area contributed by atoms with Gasteiger partial charge in [-0.25, -0.2) is 0 Å². The van der Waals surface area contributed by atoms with Crippen LogP contribution in [0, 0.1) is 10.1 Å². The zero-order valence-electron chi connectivity index (χ0n) is 16.9. The van der Waals surface area contributed by atoms with Crippen molar-refractivity contribution in [1.29, 1.82) is 0 Å². The van der Waals surface area contributed by atoms with Crippen molar-refractivity contribution in [3.05, 3.63) is 39.9 Å². The Bertz CT molecular complexity index is 914. The molecule has 1 aliphatic rings. The number of aromatic nitrogens is 2. The highest BCUT2D eigenvalue weighted by molar-refractivity contribution is 8.01. The number of amides is 2. The number of nitro groups is 1. The number of rotatable bonds is 9. The Kier molecular flexibility index (Phi) is 8.14. The van der Waals surface area contributed by atoms with Crippen molar-refractivity contribution in [3.8, 4) is 0 Å². The first-order valence-corrected chi connectivity index (χ1v) is 11.3. The first kappa shape index (κ1) is 22.9. The SMILES string of the molecule is COCCNC(=O)CSc1nnc(N2CCN(C(=O)c3ccc([N+](=O)[O-])cc3)CC2)s1. The van der Waals surface area contributed by atoms with Crippen molar-refractivity contribution in [3.63, 3.8) is 0 Å². The number of ether oxygens (including phenoxy) is 1. The molecule has 1 aliphatic heterocycles. The van der Waals surface area contributed by atoms with Gasteiger partial charge in [0.1, 0.15) is 0 Å². The number of methoxy groups -OCH3 is 1. The predicted octanol–water partition coefficient (Wildman–Crippen LogP) is 1.26. The summed E-state index contributed by atoms with van der Waals surface area (Å²) in [5.41, 5.74) is 0.385. The molecule has 2 amide bonds. The molecule has 1 N–H and O–H groups in total. The third-order valence-electron chi connectivity index (χ3n) is 4.51. The van der Waals surface area contributed by atoms with Crippen LogP contribution >= 0.6 is 23.1 Å². The number of thioether (sulfide) groups is 1. The van der Waals surface area contributed by atoms with Crippen LogP contribution in [-0.4, -0.2) is 84.0 Å². The lowest BCUT2D eigenvalue weighted by atomic mass is 10.1. The first-order chi connectivity index (χ1) is 15.0. The summed E-state index contributed by atoms with van der Waals surface area (Å²) in [7, 11) is 1.58. The molecule has 0 spiro atoms. The van der Waals surface area contributed by atoms with Crippen LogP contribution in [0.2, 0.25) is 0 Å². The van der Waals surface area contributed by atoms with Crippen molar-refractivity contribution in [2.45, 2.75) is 4.34 Å². The number of nitrogens with one attached hydrogen (secondary N) is 1. The molecule has 0 atom stereocenters. The third-order valence-corrected chi connectivity index (χ3v) is 6.63. The number of nitrogens with zero attached hydrogens (tertiary/aromatic N) is 5. The maximum absolute atomic E-state index is 12.6. The van der Waals surface area contributed by atoms with Gasteiger partial charge in [-0.15, -0.1) is 10.2 Å². The van der Waals surface area contributed by atoms with Crippen LogP contribution in [0.4, 0.5) is 10.8 Å². The first-order valence-electron chi connectivity index (χ1n) is 9.48. The summed E-state index contributed by atoms with van der Waals surface area (Å²) in [6.45, 7) is 3.18. The number of hydrogen-bond donors (Lipinski definition) is 1. The lowest BCUT2D eigenvalue weighted by Gasteiger charge is -2.34. The zero-order valence-corrected chi connectivity index (χ0v) is 18.5. The van der Waals surface area contributed by atoms with E-state index in [-0.39, 0.29) is 23.3 Å². The lowest BCUT2D eigenvalue weighted by Crippen LogP contribution is -2.48. The number of benzene rings is 1. The maximum atomic E-state index is 12.6. The molecule has 0 radical (unpaired) electrons. The van der Waals surface area contributed by atoms with Gasteiger partial charge in [0, 0.05) is 57.5 Å². The van der Waals surface area contributed by atoms with Gasteiger partial charge in [-0.05, 0) is 12.1 Å². The molecule has 11 nitrogen and oxygen atoms in total. The van der Waals surface area contributed by atoms with Crippen LogP contribution in [0.3, 0.4) is 0 Å². The maximum Gasteiger partial charge on any atom is 0.269 e. The van der Waals surface area contributed by atoms with Crippen LogP contribution in [0.15, 0.2) is 28.6 Å². The van der Waals surface area contributed by atoms with E-state index in [4.69, 9.17) is 4.74 Å². The van der Waals surface area contributed by atoms with Crippen molar-refractivity contribution >= 4 is 45.7 Å². The Morgan fingerprint density at radius 3 is 2.58 bits per heavy atom. The number of non-ortho nitro benzene ring substituents is 1. The van der Waals surface area contributed by atoms with Gasteiger partial charge in [0.05, 0.1) is 17.3 Å². The summed E-state index contributed by atoms with van der Waals surface area (Å²) >= 11 is 2.74. The fourth-order valence-corrected chi connectivity index (χ4v) is 4.59. The predicted molar refractivity (Wildman–Crippen MR) is 117 cm³/mol. The molecule has 13 heteroatoms. The van der Waals surface area contributed by atoms with Gasteiger partial charge >= 0.3 is 0 Å². The van der Waals surface area contributed by atoms with Gasteiger partial charge in [0.25, 0.3) is 11.6 Å². The fourth-order valence-electron chi connectivity index (χ4n) is 2.87. The fraction of sp³-hybridized carbons (Fsp3) is 0.444. The average molecular weight is 467 g/mol. The quantitative estimate of drug-likeness (QED) is 0.251. The van der Waals surface area contributed by atoms with E-state index in [1.807, 2.05) is 0 Å². The molecule has 0 bridgehead atoms. The molecule has 2 aromatic rings. The van der Waals surface area contributed by atoms with E-state index >= 15 is 0 Å². The van der Waals surface area contributed by atoms with Crippen molar-refractivity contribution in [2.75, 3.05) is 57.1 Å². The number of carbonyl (C=O) groups excluding carboxylic acids is 2. The molecule has 1 aromatic carbocycles. The molecule has 0 aliphatic carbocycles. The van der Waals surface area contributed by atoms with E-state index in [1.165, 1.54) is 47.4 Å². The summed E-state index contributed by atoms with van der Waals surface area (Å²) in [5.74, 6) is 0.0234. The molecule has 1 saturated heterocycles. The van der Waals surface area contributed by atoms with Gasteiger partial charge in [0.15, 0.2) is 4.34 Å². The molecule has 0 unspecified atom stereocenters. The summed E-state index contributed by atoms with van der Waals surface area (Å²) in [6, 6.07) is 5.63. The van der Waals surface area contributed by atoms with Crippen LogP contribution in [0.5, 0.6) is 0 Å². The minimum absolute atomic E-state index is 0.0428. The molecule has 31 heavy (non-hydrogen) atoms. The molecule has 0 saturated carbocycles. The number of piperazine rings is 1. The van der Waals surface area contributed by atoms with Gasteiger partial charge in [-0.1, -0.05) is 23.1 Å². The summed E-state index contributed by atoms with van der Waals surface area (Å²) in [4.78, 5) is 38.4. The Hall–Kier alpha value is -2.77. The molecular formula is C18H22N6O5S2. The summed E-state index contributed by atoms with van der Waals surface area (Å²) in [6.07, 6.45) is 0. The monoisotopic (exact) mass is 466 g/mol. The summed E-state index contributed by atoms with van der Waals surface area (Å²) < 4.78 is 5.60. The van der Waals surface area contributed by atoms with E-state index in [9.17, 15) is 19.7 Å². The van der Waals surface area contributed by atoms with Crippen molar-refractivity contribution in [2.24, 2.45) is 0 Å². The highest BCUT2D eigenvalue weighted by atomic mass is 32.2. The minimum Gasteiger partial charge on any atom is -0.383 e. The Morgan fingerprint density at radius 1 is 1.23 bits per heavy atom. The number of carbonyl (C=O) groups is 2. The molecular weight excluding hydrogens is 444 g/mol. The lowest BCUT2D eigenvalue weighted by molar-refractivity contribution is -0.384. The molecule has 1 aromatic heterocycles. The van der Waals surface area contributed by atoms with Crippen molar-refractivity contribution in [1.82, 2.24) is 20.4 Å². The van der Waals surface area contributed by atoms with Crippen LogP contribution in [0.1, 0.15) is 10.4 Å². The van der Waals surface area contributed by atoms with Crippen molar-refractivity contribution < 1.29 is 19.2 Å². The Balaban J connectivity index is 1.47. The van der Waals surface area contributed by atoms with E-state index in [0.29, 0.717) is 49.2 Å². The molecule has 3 rings (SSSR count). The van der Waals surface area contributed by atoms with Gasteiger partial charge in [-0.3, -0.25) is 19.7 Å². The topological polar surface area (TPSA) is 131 Å². The highest BCUT2D eigenvalue weighted by Gasteiger charge is 2.24. The Labute approximate surface area is 186 Å². The van der Waals surface area contributed by atoms with E-state index in [2.05, 4.69) is 20.4 Å². The largest absolute Gasteiger partial charge is 0.383 e. The molecule has 2 heterocycles. The second-order valence-electron chi connectivity index (χ2n) is 6.57. The van der Waals surface area contributed by atoms with E-state index in [0.717, 1.165) is 5.13 Å². The van der Waals surface area contributed by atoms with Gasteiger partial charge < -0.3 is 19.9 Å². The number of hydrogen-bond acceptors (Lipinski definition) is 10. The van der Waals surface area contributed by atoms with E-state index in [1.54, 1.807) is 12.0 Å². The van der Waals surface area contributed by atoms with Crippen LogP contribution < -0.4 is 10.2 Å². The number of anilines is 1. The average Bonchev–Trinajstić information content (AvgIpc) is 3.27. The molecule has 166 valence electrons. The normalized spacial score (nSPS) is 13.8. The number of nitro benzene ring substituents is 1. The Morgan fingerprint density at radius 2 is 1.94 bits per heavy atom. The van der Waals surface area contributed by atoms with Gasteiger partial charge in [-0.2, -0.15) is 0 Å².